The molecule has 2 unspecified atom stereocenters. The normalized spacial score (nSPS) is 28.1. The monoisotopic (exact) mass is 226 g/mol. The van der Waals surface area contributed by atoms with E-state index in [0.29, 0.717) is 6.04 Å². The number of likely N-dealkylation sites (N-methyl/N-ethyl adjacent to an activating group) is 1. The fourth-order valence-electron chi connectivity index (χ4n) is 2.59. The van der Waals surface area contributed by atoms with Gasteiger partial charge in [-0.25, -0.2) is 0 Å². The van der Waals surface area contributed by atoms with Gasteiger partial charge in [-0.15, -0.1) is 0 Å². The smallest absolute Gasteiger partial charge is 0.240 e. The van der Waals surface area contributed by atoms with Gasteiger partial charge in [0.05, 0.1) is 6.04 Å². The second kappa shape index (κ2) is 5.17. The van der Waals surface area contributed by atoms with Crippen LogP contribution < -0.4 is 5.32 Å². The molecule has 2 atom stereocenters. The van der Waals surface area contributed by atoms with Gasteiger partial charge in [-0.2, -0.15) is 0 Å². The van der Waals surface area contributed by atoms with Crippen LogP contribution in [0.25, 0.3) is 0 Å². The molecule has 0 aromatic heterocycles. The molecule has 1 heterocycles. The van der Waals surface area contributed by atoms with Gasteiger partial charge in [0.2, 0.25) is 5.91 Å². The van der Waals surface area contributed by atoms with Gasteiger partial charge >= 0.3 is 0 Å². The first-order valence-electron chi connectivity index (χ1n) is 6.44. The summed E-state index contributed by atoms with van der Waals surface area (Å²) in [5.74, 6) is 0.277. The lowest BCUT2D eigenvalue weighted by Gasteiger charge is -2.42. The zero-order valence-electron chi connectivity index (χ0n) is 11.3. The lowest BCUT2D eigenvalue weighted by molar-refractivity contribution is -0.140. The molecule has 1 rings (SSSR count). The van der Waals surface area contributed by atoms with Gasteiger partial charge in [-0.1, -0.05) is 6.92 Å². The predicted octanol–water partition coefficient (Wildman–Crippen LogP) is 2.16. The summed E-state index contributed by atoms with van der Waals surface area (Å²) in [6.45, 7) is 8.66. The lowest BCUT2D eigenvalue weighted by Crippen LogP contribution is -2.56. The lowest BCUT2D eigenvalue weighted by atomic mass is 9.96. The molecule has 16 heavy (non-hydrogen) atoms. The molecule has 0 spiro atoms. The molecular formula is C13H26N2O. The number of hydrogen-bond acceptors (Lipinski definition) is 2. The molecule has 0 bridgehead atoms. The first kappa shape index (κ1) is 13.5. The fourth-order valence-corrected chi connectivity index (χ4v) is 2.59. The third-order valence-corrected chi connectivity index (χ3v) is 3.96. The largest absolute Gasteiger partial charge is 0.334 e. The molecule has 0 radical (unpaired) electrons. The van der Waals surface area contributed by atoms with Crippen LogP contribution in [-0.4, -0.2) is 35.5 Å². The topological polar surface area (TPSA) is 32.3 Å². The number of nitrogens with zero attached hydrogens (tertiary/aromatic N) is 1. The molecule has 1 aliphatic rings. The SMILES string of the molecule is CCC(C)(C)N1C(=O)C(NC)CCCC1C. The van der Waals surface area contributed by atoms with E-state index in [2.05, 4.69) is 37.9 Å². The van der Waals surface area contributed by atoms with Crippen LogP contribution in [0.3, 0.4) is 0 Å². The molecule has 1 amide bonds. The zero-order valence-corrected chi connectivity index (χ0v) is 11.3. The Kier molecular flexibility index (Phi) is 4.36. The van der Waals surface area contributed by atoms with Crippen molar-refractivity contribution in [3.05, 3.63) is 0 Å². The average molecular weight is 226 g/mol. The maximum atomic E-state index is 12.5. The average Bonchev–Trinajstić information content (AvgIpc) is 2.37. The summed E-state index contributed by atoms with van der Waals surface area (Å²) in [7, 11) is 1.88. The van der Waals surface area contributed by atoms with E-state index in [1.807, 2.05) is 7.05 Å². The first-order chi connectivity index (χ1) is 7.44. The highest BCUT2D eigenvalue weighted by Gasteiger charge is 2.37. The molecule has 94 valence electrons. The van der Waals surface area contributed by atoms with E-state index in [4.69, 9.17) is 0 Å². The summed E-state index contributed by atoms with van der Waals surface area (Å²) >= 11 is 0. The van der Waals surface area contributed by atoms with Gasteiger partial charge < -0.3 is 10.2 Å². The molecule has 1 N–H and O–H groups in total. The van der Waals surface area contributed by atoms with Crippen LogP contribution in [0.1, 0.15) is 53.4 Å². The van der Waals surface area contributed by atoms with Crippen molar-refractivity contribution in [2.24, 2.45) is 0 Å². The van der Waals surface area contributed by atoms with E-state index in [0.717, 1.165) is 25.7 Å². The van der Waals surface area contributed by atoms with Crippen LogP contribution in [0.4, 0.5) is 0 Å². The Morgan fingerprint density at radius 2 is 2.06 bits per heavy atom. The highest BCUT2D eigenvalue weighted by atomic mass is 16.2. The number of hydrogen-bond donors (Lipinski definition) is 1. The van der Waals surface area contributed by atoms with Crippen LogP contribution in [0.15, 0.2) is 0 Å². The zero-order chi connectivity index (χ0) is 12.3. The maximum absolute atomic E-state index is 12.5. The molecule has 0 aromatic carbocycles. The molecule has 1 saturated heterocycles. The fraction of sp³-hybridized carbons (Fsp3) is 0.923. The Hall–Kier alpha value is -0.570. The number of rotatable bonds is 3. The minimum atomic E-state index is -0.0318. The molecule has 0 saturated carbocycles. The predicted molar refractivity (Wildman–Crippen MR) is 67.4 cm³/mol. The molecule has 1 aliphatic heterocycles. The summed E-state index contributed by atoms with van der Waals surface area (Å²) in [6, 6.07) is 0.372. The van der Waals surface area contributed by atoms with Crippen molar-refractivity contribution in [2.45, 2.75) is 71.0 Å². The van der Waals surface area contributed by atoms with Gasteiger partial charge in [0.1, 0.15) is 0 Å². The highest BCUT2D eigenvalue weighted by molar-refractivity contribution is 5.83. The summed E-state index contributed by atoms with van der Waals surface area (Å²) < 4.78 is 0. The molecule has 0 aliphatic carbocycles. The Bertz CT molecular complexity index is 250. The number of nitrogens with one attached hydrogen (secondary N) is 1. The molecular weight excluding hydrogens is 200 g/mol. The number of carbonyl (C=O) groups excluding carboxylic acids is 1. The second-order valence-electron chi connectivity index (χ2n) is 5.50. The molecule has 3 nitrogen and oxygen atoms in total. The van der Waals surface area contributed by atoms with Gasteiger partial charge in [0, 0.05) is 11.6 Å². The van der Waals surface area contributed by atoms with Crippen LogP contribution in [0, 0.1) is 0 Å². The Balaban J connectivity index is 2.96. The van der Waals surface area contributed by atoms with Crippen molar-refractivity contribution < 1.29 is 4.79 Å². The number of likely N-dealkylation sites (tertiary alicyclic amines) is 1. The van der Waals surface area contributed by atoms with Crippen molar-refractivity contribution in [2.75, 3.05) is 7.05 Å². The standard InChI is InChI=1S/C13H26N2O/c1-6-13(3,4)15-10(2)8-7-9-11(14-5)12(15)16/h10-11,14H,6-9H2,1-5H3. The second-order valence-corrected chi connectivity index (χ2v) is 5.50. The van der Waals surface area contributed by atoms with Gasteiger partial charge in [0.25, 0.3) is 0 Å². The van der Waals surface area contributed by atoms with E-state index in [1.54, 1.807) is 0 Å². The summed E-state index contributed by atoms with van der Waals surface area (Å²) in [6.07, 6.45) is 4.22. The van der Waals surface area contributed by atoms with E-state index in [9.17, 15) is 4.79 Å². The van der Waals surface area contributed by atoms with Crippen molar-refractivity contribution in [1.29, 1.82) is 0 Å². The Labute approximate surface area is 99.6 Å². The first-order valence-corrected chi connectivity index (χ1v) is 6.44. The van der Waals surface area contributed by atoms with E-state index in [1.165, 1.54) is 0 Å². The van der Waals surface area contributed by atoms with Crippen LogP contribution in [0.5, 0.6) is 0 Å². The van der Waals surface area contributed by atoms with E-state index < -0.39 is 0 Å². The van der Waals surface area contributed by atoms with Gasteiger partial charge in [-0.05, 0) is 53.5 Å². The number of carbonyl (C=O) groups is 1. The molecule has 3 heteroatoms. The molecule has 1 fully saturated rings. The van der Waals surface area contributed by atoms with Gasteiger partial charge in [-0.3, -0.25) is 4.79 Å². The minimum Gasteiger partial charge on any atom is -0.334 e. The van der Waals surface area contributed by atoms with Crippen LogP contribution in [0.2, 0.25) is 0 Å². The Morgan fingerprint density at radius 3 is 2.56 bits per heavy atom. The third-order valence-electron chi connectivity index (χ3n) is 3.96. The van der Waals surface area contributed by atoms with E-state index >= 15 is 0 Å². The van der Waals surface area contributed by atoms with Crippen molar-refractivity contribution >= 4 is 5.91 Å². The minimum absolute atomic E-state index is 0.00998. The Morgan fingerprint density at radius 1 is 1.44 bits per heavy atom. The van der Waals surface area contributed by atoms with Crippen LogP contribution >= 0.6 is 0 Å². The highest BCUT2D eigenvalue weighted by Crippen LogP contribution is 2.28. The van der Waals surface area contributed by atoms with Crippen molar-refractivity contribution in [3.63, 3.8) is 0 Å². The maximum Gasteiger partial charge on any atom is 0.240 e. The third kappa shape index (κ3) is 2.57. The van der Waals surface area contributed by atoms with Gasteiger partial charge in [0.15, 0.2) is 0 Å². The van der Waals surface area contributed by atoms with Crippen molar-refractivity contribution in [1.82, 2.24) is 10.2 Å². The number of amides is 1. The quantitative estimate of drug-likeness (QED) is 0.800. The van der Waals surface area contributed by atoms with E-state index in [-0.39, 0.29) is 17.5 Å². The molecule has 0 aromatic rings. The summed E-state index contributed by atoms with van der Waals surface area (Å²) in [4.78, 5) is 14.6. The van der Waals surface area contributed by atoms with Crippen molar-refractivity contribution in [3.8, 4) is 0 Å². The summed E-state index contributed by atoms with van der Waals surface area (Å²) in [5.41, 5.74) is -0.0318. The van der Waals surface area contributed by atoms with Crippen LogP contribution in [-0.2, 0) is 4.79 Å². The summed E-state index contributed by atoms with van der Waals surface area (Å²) in [5, 5.41) is 3.15.